The van der Waals surface area contributed by atoms with Crippen LogP contribution in [0.1, 0.15) is 11.8 Å². The van der Waals surface area contributed by atoms with Crippen molar-refractivity contribution < 1.29 is 59.0 Å². The van der Waals surface area contributed by atoms with Crippen molar-refractivity contribution in [3.63, 3.8) is 0 Å². The van der Waals surface area contributed by atoms with E-state index in [1.807, 2.05) is 0 Å². The molecule has 0 atom stereocenters. The number of benzene rings is 1. The van der Waals surface area contributed by atoms with Crippen molar-refractivity contribution in [2.75, 3.05) is 0 Å². The molecule has 0 fully saturated rings. The monoisotopic (exact) mass is 242 g/mol. The van der Waals surface area contributed by atoms with E-state index < -0.39 is 26.7 Å². The third-order valence-electron chi connectivity index (χ3n) is 1.48. The molecule has 0 spiro atoms. The fraction of sp³-hybridized carbons (Fsp3) is 0. The first-order valence-corrected chi connectivity index (χ1v) is 4.80. The average Bonchev–Trinajstić information content (AvgIpc) is 2.02. The number of phenolic OH excluding ortho intramolecular Hbond substituents is 1. The summed E-state index contributed by atoms with van der Waals surface area (Å²) in [6.45, 7) is 0. The molecule has 0 saturated heterocycles. The van der Waals surface area contributed by atoms with Crippen molar-refractivity contribution in [1.29, 1.82) is 0 Å². The first-order chi connectivity index (χ1) is 6.32. The molecule has 0 saturated carbocycles. The van der Waals surface area contributed by atoms with Gasteiger partial charge in [0.25, 0.3) is 10.1 Å². The zero-order valence-electron chi connectivity index (χ0n) is 8.71. The number of hydrogen-bond donors (Lipinski definition) is 3. The number of hydrogen-bond acceptors (Lipinski definition) is 4. The first kappa shape index (κ1) is 14.4. The van der Waals surface area contributed by atoms with Crippen LogP contribution in [0.4, 0.5) is 0 Å². The quantitative estimate of drug-likeness (QED) is 0.389. The molecule has 0 aliphatic rings. The maximum atomic E-state index is 10.6. The van der Waals surface area contributed by atoms with Gasteiger partial charge in [0, 0.05) is 0 Å². The molecule has 1 aromatic carbocycles. The first-order valence-electron chi connectivity index (χ1n) is 3.36. The van der Waals surface area contributed by atoms with Gasteiger partial charge in [0.2, 0.25) is 0 Å². The van der Waals surface area contributed by atoms with E-state index in [0.29, 0.717) is 6.07 Å². The maximum absolute atomic E-state index is 10.6. The van der Waals surface area contributed by atoms with Crippen LogP contribution in [0, 0.1) is 0 Å². The Morgan fingerprint density at radius 1 is 1.33 bits per heavy atom. The number of aromatic hydroxyl groups is 1. The van der Waals surface area contributed by atoms with Crippen LogP contribution in [0.5, 0.6) is 5.75 Å². The van der Waals surface area contributed by atoms with Crippen LogP contribution in [0.3, 0.4) is 0 Å². The second kappa shape index (κ2) is 4.95. The standard InChI is InChI=1S/C7H6O6S.Na.H/c8-5-2-1-4(7(9)10)3-6(5)14(11,12)13;;/h1-3,8H,(H,9,10)(H,11,12,13);;/q;+1;-1. The molecule has 0 unspecified atom stereocenters. The Balaban J connectivity index is 0. The summed E-state index contributed by atoms with van der Waals surface area (Å²) in [6.07, 6.45) is 0. The van der Waals surface area contributed by atoms with Crippen LogP contribution in [0.2, 0.25) is 0 Å². The largest absolute Gasteiger partial charge is 1.00 e. The second-order valence-corrected chi connectivity index (χ2v) is 3.85. The van der Waals surface area contributed by atoms with E-state index in [4.69, 9.17) is 14.8 Å². The Kier molecular flexibility index (Phi) is 4.75. The van der Waals surface area contributed by atoms with Crippen molar-refractivity contribution in [3.05, 3.63) is 23.8 Å². The van der Waals surface area contributed by atoms with Gasteiger partial charge < -0.3 is 11.6 Å². The number of carbonyl (C=O) groups is 1. The van der Waals surface area contributed by atoms with E-state index in [1.54, 1.807) is 0 Å². The third kappa shape index (κ3) is 3.47. The fourth-order valence-corrected chi connectivity index (χ4v) is 1.46. The van der Waals surface area contributed by atoms with Gasteiger partial charge in [0.05, 0.1) is 5.56 Å². The molecule has 0 aromatic heterocycles. The minimum atomic E-state index is -4.60. The van der Waals surface area contributed by atoms with Gasteiger partial charge in [0.1, 0.15) is 10.6 Å². The number of carboxylic acids is 1. The summed E-state index contributed by atoms with van der Waals surface area (Å²) in [5.74, 6) is -2.05. The minimum Gasteiger partial charge on any atom is -1.00 e. The van der Waals surface area contributed by atoms with Crippen LogP contribution < -0.4 is 29.6 Å². The molecule has 0 radical (unpaired) electrons. The summed E-state index contributed by atoms with van der Waals surface area (Å²) in [4.78, 5) is 9.61. The molecule has 8 heteroatoms. The van der Waals surface area contributed by atoms with Crippen LogP contribution in [-0.4, -0.2) is 29.2 Å². The topological polar surface area (TPSA) is 112 Å². The molecule has 78 valence electrons. The zero-order valence-corrected chi connectivity index (χ0v) is 10.5. The molecule has 3 N–H and O–H groups in total. The molecule has 0 aliphatic carbocycles. The Bertz CT molecular complexity index is 486. The molecule has 1 aromatic rings. The maximum Gasteiger partial charge on any atom is 1.00 e. The van der Waals surface area contributed by atoms with Crippen LogP contribution in [0.15, 0.2) is 23.1 Å². The third-order valence-corrected chi connectivity index (χ3v) is 2.37. The molecule has 0 heterocycles. The van der Waals surface area contributed by atoms with Gasteiger partial charge in [0.15, 0.2) is 0 Å². The van der Waals surface area contributed by atoms with Crippen LogP contribution in [-0.2, 0) is 10.1 Å². The van der Waals surface area contributed by atoms with Gasteiger partial charge in [-0.15, -0.1) is 0 Å². The summed E-state index contributed by atoms with van der Waals surface area (Å²) in [7, 11) is -4.60. The molecule has 0 aliphatic heterocycles. The van der Waals surface area contributed by atoms with Gasteiger partial charge in [-0.1, -0.05) is 0 Å². The van der Waals surface area contributed by atoms with E-state index in [2.05, 4.69) is 0 Å². The van der Waals surface area contributed by atoms with Crippen LogP contribution >= 0.6 is 0 Å². The summed E-state index contributed by atoms with van der Waals surface area (Å²) in [6, 6.07) is 2.58. The summed E-state index contributed by atoms with van der Waals surface area (Å²) in [5, 5.41) is 17.5. The Morgan fingerprint density at radius 3 is 2.27 bits per heavy atom. The SMILES string of the molecule is O=C(O)c1ccc(O)c(S(=O)(=O)O)c1.[H-].[Na+]. The Labute approximate surface area is 109 Å². The molecular formula is C7H7NaO6S. The Hall–Kier alpha value is -0.600. The summed E-state index contributed by atoms with van der Waals surface area (Å²) >= 11 is 0. The van der Waals surface area contributed by atoms with Crippen molar-refractivity contribution in [2.24, 2.45) is 0 Å². The van der Waals surface area contributed by atoms with Crippen molar-refractivity contribution in [1.82, 2.24) is 0 Å². The summed E-state index contributed by atoms with van der Waals surface area (Å²) in [5.41, 5.74) is -0.338. The van der Waals surface area contributed by atoms with Crippen LogP contribution in [0.25, 0.3) is 0 Å². The molecule has 0 bridgehead atoms. The molecule has 6 nitrogen and oxygen atoms in total. The van der Waals surface area contributed by atoms with E-state index in [-0.39, 0.29) is 36.5 Å². The van der Waals surface area contributed by atoms with Gasteiger partial charge >= 0.3 is 35.5 Å². The van der Waals surface area contributed by atoms with E-state index in [1.165, 1.54) is 0 Å². The predicted octanol–water partition coefficient (Wildman–Crippen LogP) is -2.55. The van der Waals surface area contributed by atoms with E-state index >= 15 is 0 Å². The normalized spacial score (nSPS) is 10.5. The smallest absolute Gasteiger partial charge is 1.00 e. The fourth-order valence-electron chi connectivity index (χ4n) is 0.854. The Morgan fingerprint density at radius 2 is 1.87 bits per heavy atom. The molecule has 15 heavy (non-hydrogen) atoms. The zero-order chi connectivity index (χ0) is 10.9. The van der Waals surface area contributed by atoms with E-state index in [9.17, 15) is 13.2 Å². The van der Waals surface area contributed by atoms with E-state index in [0.717, 1.165) is 12.1 Å². The average molecular weight is 242 g/mol. The number of carboxylic acid groups (broad SMARTS) is 1. The van der Waals surface area contributed by atoms with Crippen molar-refractivity contribution in [3.8, 4) is 5.75 Å². The van der Waals surface area contributed by atoms with Gasteiger partial charge in [-0.3, -0.25) is 4.55 Å². The molecule has 1 rings (SSSR count). The van der Waals surface area contributed by atoms with Crippen molar-refractivity contribution >= 4 is 16.1 Å². The van der Waals surface area contributed by atoms with Gasteiger partial charge in [-0.25, -0.2) is 4.79 Å². The minimum absolute atomic E-state index is 0. The summed E-state index contributed by atoms with van der Waals surface area (Å²) < 4.78 is 29.9. The molecule has 0 amide bonds. The predicted molar refractivity (Wildman–Crippen MR) is 46.0 cm³/mol. The van der Waals surface area contributed by atoms with Gasteiger partial charge in [-0.2, -0.15) is 8.42 Å². The second-order valence-electron chi connectivity index (χ2n) is 2.46. The number of phenols is 1. The van der Waals surface area contributed by atoms with Crippen molar-refractivity contribution in [2.45, 2.75) is 4.90 Å². The number of rotatable bonds is 2. The molecular weight excluding hydrogens is 235 g/mol. The van der Waals surface area contributed by atoms with Gasteiger partial charge in [-0.05, 0) is 18.2 Å². The number of aromatic carboxylic acids is 1.